The molecule has 0 N–H and O–H groups in total. The minimum absolute atomic E-state index is 0.171. The molecule has 0 fully saturated rings. The first kappa shape index (κ1) is 25.7. The van der Waals surface area contributed by atoms with E-state index in [-0.39, 0.29) is 5.41 Å². The highest BCUT2D eigenvalue weighted by atomic mass is 14.9. The van der Waals surface area contributed by atoms with Crippen molar-refractivity contribution in [3.05, 3.63) is 185 Å². The van der Waals surface area contributed by atoms with E-state index >= 15 is 0 Å². The maximum Gasteiger partial charge on any atom is 0.160 e. The van der Waals surface area contributed by atoms with Gasteiger partial charge in [0.2, 0.25) is 0 Å². The summed E-state index contributed by atoms with van der Waals surface area (Å²) in [7, 11) is 0. The number of hydrogen-bond donors (Lipinski definition) is 0. The minimum atomic E-state index is -0.421. The zero-order valence-electron chi connectivity index (χ0n) is 25.8. The van der Waals surface area contributed by atoms with Crippen LogP contribution in [0, 0.1) is 0 Å². The van der Waals surface area contributed by atoms with Gasteiger partial charge in [-0.1, -0.05) is 147 Å². The molecule has 7 aromatic rings. The van der Waals surface area contributed by atoms with Gasteiger partial charge in [0.25, 0.3) is 0 Å². The third-order valence-electron chi connectivity index (χ3n) is 10.7. The van der Waals surface area contributed by atoms with Crippen molar-refractivity contribution in [1.82, 2.24) is 9.97 Å². The van der Waals surface area contributed by atoms with Gasteiger partial charge in [-0.3, -0.25) is 0 Å². The average Bonchev–Trinajstić information content (AvgIpc) is 3.68. The highest BCUT2D eigenvalue weighted by molar-refractivity contribution is 6.03. The summed E-state index contributed by atoms with van der Waals surface area (Å²) in [6.07, 6.45) is 0. The van der Waals surface area contributed by atoms with E-state index in [2.05, 4.69) is 159 Å². The topological polar surface area (TPSA) is 25.8 Å². The number of nitrogens with zero attached hydrogens (tertiary/aromatic N) is 2. The van der Waals surface area contributed by atoms with E-state index in [1.807, 2.05) is 0 Å². The highest BCUT2D eigenvalue weighted by Gasteiger charge is 2.59. The van der Waals surface area contributed by atoms with Crippen LogP contribution < -0.4 is 0 Å². The van der Waals surface area contributed by atoms with Gasteiger partial charge in [0.05, 0.1) is 16.6 Å². The van der Waals surface area contributed by atoms with Crippen LogP contribution in [0.5, 0.6) is 0 Å². The van der Waals surface area contributed by atoms with Crippen molar-refractivity contribution in [2.45, 2.75) is 24.7 Å². The molecule has 1 atom stereocenters. The molecule has 0 bridgehead atoms. The normalized spacial score (nSPS) is 18.0. The van der Waals surface area contributed by atoms with Gasteiger partial charge in [0.1, 0.15) is 0 Å². The molecule has 0 saturated heterocycles. The predicted molar refractivity (Wildman–Crippen MR) is 188 cm³/mol. The molecule has 3 aliphatic carbocycles. The second kappa shape index (κ2) is 8.99. The van der Waals surface area contributed by atoms with Gasteiger partial charge >= 0.3 is 0 Å². The average molecular weight is 587 g/mol. The molecule has 46 heavy (non-hydrogen) atoms. The number of fused-ring (bicyclic) bond motifs is 12. The Bertz CT molecular complexity index is 2450. The lowest BCUT2D eigenvalue weighted by Gasteiger charge is -2.39. The summed E-state index contributed by atoms with van der Waals surface area (Å²) < 4.78 is 0. The van der Waals surface area contributed by atoms with E-state index in [4.69, 9.17) is 9.97 Å². The predicted octanol–water partition coefficient (Wildman–Crippen LogP) is 10.4. The number of rotatable bonds is 2. The monoisotopic (exact) mass is 586 g/mol. The molecule has 1 heterocycles. The lowest BCUT2D eigenvalue weighted by atomic mass is 9.62. The van der Waals surface area contributed by atoms with Crippen molar-refractivity contribution in [3.63, 3.8) is 0 Å². The van der Waals surface area contributed by atoms with Gasteiger partial charge in [0.15, 0.2) is 5.82 Å². The largest absolute Gasteiger partial charge is 0.228 e. The Hall–Kier alpha value is -5.60. The zero-order chi connectivity index (χ0) is 30.6. The van der Waals surface area contributed by atoms with Crippen LogP contribution in [0.3, 0.4) is 0 Å². The number of hydrogen-bond acceptors (Lipinski definition) is 2. The van der Waals surface area contributed by atoms with E-state index in [9.17, 15) is 0 Å². The number of aromatic nitrogens is 2. The van der Waals surface area contributed by atoms with Crippen molar-refractivity contribution in [3.8, 4) is 33.8 Å². The van der Waals surface area contributed by atoms with Gasteiger partial charge in [-0.05, 0) is 67.8 Å². The Kier molecular flexibility index (Phi) is 5.02. The van der Waals surface area contributed by atoms with Crippen LogP contribution in [-0.4, -0.2) is 9.97 Å². The van der Waals surface area contributed by atoms with Crippen molar-refractivity contribution in [2.24, 2.45) is 0 Å². The van der Waals surface area contributed by atoms with Crippen LogP contribution in [0.1, 0.15) is 47.2 Å². The molecule has 2 nitrogen and oxygen atoms in total. The third kappa shape index (κ3) is 3.11. The summed E-state index contributed by atoms with van der Waals surface area (Å²) in [6, 6.07) is 53.0. The molecule has 0 amide bonds. The van der Waals surface area contributed by atoms with E-state index in [1.54, 1.807) is 0 Å². The van der Waals surface area contributed by atoms with Crippen LogP contribution in [0.15, 0.2) is 151 Å². The van der Waals surface area contributed by atoms with Crippen LogP contribution in [-0.2, 0) is 10.8 Å². The Morgan fingerprint density at radius 2 is 1.04 bits per heavy atom. The summed E-state index contributed by atoms with van der Waals surface area (Å²) in [5.74, 6) is 0.751. The quantitative estimate of drug-likeness (QED) is 0.201. The van der Waals surface area contributed by atoms with E-state index < -0.39 is 5.41 Å². The molecule has 1 spiro atoms. The Morgan fingerprint density at radius 1 is 0.457 bits per heavy atom. The molecule has 6 aromatic carbocycles. The second-order valence-corrected chi connectivity index (χ2v) is 13.3. The Morgan fingerprint density at radius 3 is 1.83 bits per heavy atom. The van der Waals surface area contributed by atoms with Crippen molar-refractivity contribution < 1.29 is 0 Å². The summed E-state index contributed by atoms with van der Waals surface area (Å²) in [5.41, 5.74) is 17.1. The van der Waals surface area contributed by atoms with Gasteiger partial charge < -0.3 is 0 Å². The van der Waals surface area contributed by atoms with Gasteiger partial charge in [-0.25, -0.2) is 9.97 Å². The molecule has 0 radical (unpaired) electrons. The highest BCUT2D eigenvalue weighted by Crippen LogP contribution is 2.69. The molecule has 216 valence electrons. The molecule has 1 unspecified atom stereocenters. The van der Waals surface area contributed by atoms with Crippen molar-refractivity contribution in [1.29, 1.82) is 0 Å². The summed E-state index contributed by atoms with van der Waals surface area (Å²) in [5, 5.41) is 1.06. The SMILES string of the molecule is CC1(C)C2=C(c3ccccc31)c1ccccc1C21c2ccccc2-c2ccc(-c3nc(-c4ccccc4)c4ccccc4n3)cc21. The van der Waals surface area contributed by atoms with Crippen molar-refractivity contribution in [2.75, 3.05) is 0 Å². The molecule has 10 rings (SSSR count). The first-order valence-electron chi connectivity index (χ1n) is 16.1. The molecule has 0 saturated carbocycles. The third-order valence-corrected chi connectivity index (χ3v) is 10.7. The van der Waals surface area contributed by atoms with E-state index in [1.165, 1.54) is 55.7 Å². The maximum atomic E-state index is 5.28. The second-order valence-electron chi connectivity index (χ2n) is 13.3. The maximum absolute atomic E-state index is 5.28. The first-order chi connectivity index (χ1) is 22.6. The molecular formula is C44H30N2. The summed E-state index contributed by atoms with van der Waals surface area (Å²) in [4.78, 5) is 10.4. The fourth-order valence-electron chi connectivity index (χ4n) is 8.93. The Balaban J connectivity index is 1.29. The lowest BCUT2D eigenvalue weighted by Crippen LogP contribution is -2.35. The van der Waals surface area contributed by atoms with Crippen LogP contribution in [0.4, 0.5) is 0 Å². The smallest absolute Gasteiger partial charge is 0.160 e. The first-order valence-corrected chi connectivity index (χ1v) is 16.1. The molecule has 2 heteroatoms. The fraction of sp³-hybridized carbons (Fsp3) is 0.0909. The van der Waals surface area contributed by atoms with Gasteiger partial charge in [-0.2, -0.15) is 0 Å². The molecule has 0 aliphatic heterocycles. The summed E-state index contributed by atoms with van der Waals surface area (Å²) in [6.45, 7) is 4.84. The van der Waals surface area contributed by atoms with Gasteiger partial charge in [-0.15, -0.1) is 0 Å². The van der Waals surface area contributed by atoms with Crippen molar-refractivity contribution >= 4 is 16.5 Å². The summed E-state index contributed by atoms with van der Waals surface area (Å²) >= 11 is 0. The van der Waals surface area contributed by atoms with E-state index in [0.29, 0.717) is 0 Å². The van der Waals surface area contributed by atoms with E-state index in [0.717, 1.165) is 33.5 Å². The number of para-hydroxylation sites is 1. The zero-order valence-corrected chi connectivity index (χ0v) is 25.8. The fourth-order valence-corrected chi connectivity index (χ4v) is 8.93. The Labute approximate surface area is 268 Å². The number of allylic oxidation sites excluding steroid dienone is 1. The lowest BCUT2D eigenvalue weighted by molar-refractivity contribution is 0.555. The van der Waals surface area contributed by atoms with Gasteiger partial charge in [0, 0.05) is 21.9 Å². The van der Waals surface area contributed by atoms with Crippen LogP contribution >= 0.6 is 0 Å². The minimum Gasteiger partial charge on any atom is -0.228 e. The standard InChI is InChI=1S/C44H30N2/c1-43(2)34-20-10-7-17-31(34)39-32-18-8-12-22-36(32)44(41(39)43)35-21-11-6-16-29(35)30-25-24-28(26-37(30)44)42-45-38-23-13-9-19-33(38)40(46-42)27-14-4-3-5-15-27/h3-26H,1-2H3. The molecular weight excluding hydrogens is 556 g/mol. The van der Waals surface area contributed by atoms with Crippen LogP contribution in [0.2, 0.25) is 0 Å². The molecule has 3 aliphatic rings. The van der Waals surface area contributed by atoms with Crippen LogP contribution in [0.25, 0.3) is 50.2 Å². The molecule has 1 aromatic heterocycles. The number of benzene rings is 6.